The smallest absolute Gasteiger partial charge is 0.303 e. The molecule has 1 aliphatic heterocycles. The molecule has 0 radical (unpaired) electrons. The standard InChI is InChI=1S/C15H24N2O2S/c1-15(2,3)14-16-12(10-20-14)9-17-6-4-5-11(8-17)7-13(18)19/h10-11H,4-9H2,1-3H3,(H,18,19). The second-order valence-electron chi connectivity index (χ2n) is 6.74. The fraction of sp³-hybridized carbons (Fsp3) is 0.733. The highest BCUT2D eigenvalue weighted by Gasteiger charge is 2.23. The van der Waals surface area contributed by atoms with Crippen LogP contribution in [0.4, 0.5) is 0 Å². The highest BCUT2D eigenvalue weighted by molar-refractivity contribution is 7.09. The summed E-state index contributed by atoms with van der Waals surface area (Å²) in [5.74, 6) is -0.387. The molecule has 1 unspecified atom stereocenters. The average molecular weight is 296 g/mol. The monoisotopic (exact) mass is 296 g/mol. The SMILES string of the molecule is CC(C)(C)c1nc(CN2CCCC(CC(=O)O)C2)cs1. The van der Waals surface area contributed by atoms with Crippen LogP contribution in [0.25, 0.3) is 0 Å². The average Bonchev–Trinajstić information content (AvgIpc) is 2.76. The Morgan fingerprint density at radius 2 is 2.30 bits per heavy atom. The molecule has 0 aliphatic carbocycles. The van der Waals surface area contributed by atoms with Gasteiger partial charge in [-0.1, -0.05) is 20.8 Å². The second-order valence-corrected chi connectivity index (χ2v) is 7.59. The van der Waals surface area contributed by atoms with Gasteiger partial charge in [-0.05, 0) is 25.3 Å². The third-order valence-electron chi connectivity index (χ3n) is 3.65. The van der Waals surface area contributed by atoms with Gasteiger partial charge in [-0.2, -0.15) is 0 Å². The molecule has 1 N–H and O–H groups in total. The molecule has 1 atom stereocenters. The van der Waals surface area contributed by atoms with Gasteiger partial charge in [0.15, 0.2) is 0 Å². The van der Waals surface area contributed by atoms with E-state index in [1.54, 1.807) is 11.3 Å². The van der Waals surface area contributed by atoms with Crippen molar-refractivity contribution >= 4 is 17.3 Å². The predicted octanol–water partition coefficient (Wildman–Crippen LogP) is 3.13. The van der Waals surface area contributed by atoms with Crippen molar-refractivity contribution in [3.63, 3.8) is 0 Å². The Balaban J connectivity index is 1.92. The quantitative estimate of drug-likeness (QED) is 0.927. The van der Waals surface area contributed by atoms with E-state index in [2.05, 4.69) is 31.1 Å². The third-order valence-corrected chi connectivity index (χ3v) is 4.96. The van der Waals surface area contributed by atoms with Gasteiger partial charge in [-0.15, -0.1) is 11.3 Å². The zero-order valence-electron chi connectivity index (χ0n) is 12.6. The molecule has 1 aliphatic rings. The van der Waals surface area contributed by atoms with Crippen molar-refractivity contribution in [3.05, 3.63) is 16.1 Å². The first kappa shape index (κ1) is 15.4. The number of rotatable bonds is 4. The van der Waals surface area contributed by atoms with Gasteiger partial charge in [-0.25, -0.2) is 4.98 Å². The summed E-state index contributed by atoms with van der Waals surface area (Å²) in [7, 11) is 0. The fourth-order valence-electron chi connectivity index (χ4n) is 2.66. The van der Waals surface area contributed by atoms with E-state index in [9.17, 15) is 4.79 Å². The second kappa shape index (κ2) is 6.22. The Kier molecular flexibility index (Phi) is 4.81. The van der Waals surface area contributed by atoms with E-state index in [4.69, 9.17) is 10.1 Å². The molecule has 4 nitrogen and oxygen atoms in total. The summed E-state index contributed by atoms with van der Waals surface area (Å²) in [6, 6.07) is 0. The first-order chi connectivity index (χ1) is 9.34. The fourth-order valence-corrected chi connectivity index (χ4v) is 3.56. The van der Waals surface area contributed by atoms with Crippen molar-refractivity contribution in [2.45, 2.75) is 52.0 Å². The number of likely N-dealkylation sites (tertiary alicyclic amines) is 1. The lowest BCUT2D eigenvalue weighted by molar-refractivity contribution is -0.138. The van der Waals surface area contributed by atoms with Gasteiger partial charge < -0.3 is 5.11 Å². The minimum Gasteiger partial charge on any atom is -0.481 e. The molecule has 0 bridgehead atoms. The summed E-state index contributed by atoms with van der Waals surface area (Å²) in [5, 5.41) is 12.2. The molecule has 0 saturated carbocycles. The van der Waals surface area contributed by atoms with E-state index in [0.29, 0.717) is 12.3 Å². The van der Waals surface area contributed by atoms with Crippen LogP contribution in [0.1, 0.15) is 50.7 Å². The molecule has 0 amide bonds. The van der Waals surface area contributed by atoms with E-state index >= 15 is 0 Å². The van der Waals surface area contributed by atoms with Crippen LogP contribution in [0.2, 0.25) is 0 Å². The maximum atomic E-state index is 10.8. The Morgan fingerprint density at radius 3 is 2.90 bits per heavy atom. The largest absolute Gasteiger partial charge is 0.481 e. The van der Waals surface area contributed by atoms with Crippen molar-refractivity contribution < 1.29 is 9.90 Å². The van der Waals surface area contributed by atoms with Crippen LogP contribution in [-0.4, -0.2) is 34.0 Å². The molecule has 5 heteroatoms. The number of carbonyl (C=O) groups is 1. The summed E-state index contributed by atoms with van der Waals surface area (Å²) in [6.07, 6.45) is 2.42. The Labute approximate surface area is 124 Å². The van der Waals surface area contributed by atoms with Gasteiger partial charge in [0.05, 0.1) is 10.7 Å². The van der Waals surface area contributed by atoms with Gasteiger partial charge in [0.1, 0.15) is 0 Å². The van der Waals surface area contributed by atoms with Crippen molar-refractivity contribution in [2.24, 2.45) is 5.92 Å². The van der Waals surface area contributed by atoms with Gasteiger partial charge in [0.25, 0.3) is 0 Å². The summed E-state index contributed by atoms with van der Waals surface area (Å²) in [6.45, 7) is 9.33. The molecule has 1 saturated heterocycles. The van der Waals surface area contributed by atoms with Crippen molar-refractivity contribution in [1.82, 2.24) is 9.88 Å². The Morgan fingerprint density at radius 1 is 1.55 bits per heavy atom. The predicted molar refractivity (Wildman–Crippen MR) is 81.1 cm³/mol. The minimum atomic E-state index is -0.680. The van der Waals surface area contributed by atoms with E-state index in [1.807, 2.05) is 0 Å². The van der Waals surface area contributed by atoms with Crippen molar-refractivity contribution in [3.8, 4) is 0 Å². The lowest BCUT2D eigenvalue weighted by atomic mass is 9.95. The van der Waals surface area contributed by atoms with Gasteiger partial charge in [-0.3, -0.25) is 9.69 Å². The molecule has 1 aromatic rings. The zero-order chi connectivity index (χ0) is 14.8. The third kappa shape index (κ3) is 4.28. The van der Waals surface area contributed by atoms with Crippen molar-refractivity contribution in [2.75, 3.05) is 13.1 Å². The number of carboxylic acid groups (broad SMARTS) is 1. The van der Waals surface area contributed by atoms with Crippen molar-refractivity contribution in [1.29, 1.82) is 0 Å². The molecule has 0 aromatic carbocycles. The van der Waals surface area contributed by atoms with Crippen LogP contribution < -0.4 is 0 Å². The van der Waals surface area contributed by atoms with Crippen LogP contribution in [0.3, 0.4) is 0 Å². The van der Waals surface area contributed by atoms with Crippen LogP contribution in [0.15, 0.2) is 5.38 Å². The molecule has 0 spiro atoms. The Hall–Kier alpha value is -0.940. The van der Waals surface area contributed by atoms with Gasteiger partial charge >= 0.3 is 5.97 Å². The van der Waals surface area contributed by atoms with Crippen LogP contribution >= 0.6 is 11.3 Å². The van der Waals surface area contributed by atoms with Crippen LogP contribution in [-0.2, 0) is 16.8 Å². The number of aliphatic carboxylic acids is 1. The molecular formula is C15H24N2O2S. The summed E-state index contributed by atoms with van der Waals surface area (Å²) in [4.78, 5) is 17.9. The summed E-state index contributed by atoms with van der Waals surface area (Å²) < 4.78 is 0. The number of hydrogen-bond acceptors (Lipinski definition) is 4. The molecular weight excluding hydrogens is 272 g/mol. The van der Waals surface area contributed by atoms with E-state index < -0.39 is 5.97 Å². The van der Waals surface area contributed by atoms with Gasteiger partial charge in [0.2, 0.25) is 0 Å². The van der Waals surface area contributed by atoms with Crippen LogP contribution in [0.5, 0.6) is 0 Å². The molecule has 1 fully saturated rings. The molecule has 112 valence electrons. The number of nitrogens with zero attached hydrogens (tertiary/aromatic N) is 2. The van der Waals surface area contributed by atoms with Crippen LogP contribution in [0, 0.1) is 5.92 Å². The number of thiazole rings is 1. The maximum Gasteiger partial charge on any atom is 0.303 e. The first-order valence-corrected chi connectivity index (χ1v) is 8.11. The summed E-state index contributed by atoms with van der Waals surface area (Å²) >= 11 is 1.72. The number of carboxylic acids is 1. The lowest BCUT2D eigenvalue weighted by Gasteiger charge is -2.31. The molecule has 1 aromatic heterocycles. The molecule has 2 heterocycles. The lowest BCUT2D eigenvalue weighted by Crippen LogP contribution is -2.35. The maximum absolute atomic E-state index is 10.8. The van der Waals surface area contributed by atoms with E-state index in [1.165, 1.54) is 5.01 Å². The Bertz CT molecular complexity index is 465. The van der Waals surface area contributed by atoms with E-state index in [-0.39, 0.29) is 5.41 Å². The minimum absolute atomic E-state index is 0.108. The highest BCUT2D eigenvalue weighted by Crippen LogP contribution is 2.27. The van der Waals surface area contributed by atoms with Gasteiger partial charge in [0, 0.05) is 30.3 Å². The normalized spacial score (nSPS) is 21.1. The topological polar surface area (TPSA) is 53.4 Å². The molecule has 20 heavy (non-hydrogen) atoms. The molecule has 2 rings (SSSR count). The number of hydrogen-bond donors (Lipinski definition) is 1. The number of aromatic nitrogens is 1. The summed E-state index contributed by atoms with van der Waals surface area (Å²) in [5.41, 5.74) is 1.23. The van der Waals surface area contributed by atoms with E-state index in [0.717, 1.165) is 38.2 Å². The number of piperidine rings is 1. The first-order valence-electron chi connectivity index (χ1n) is 7.23. The zero-order valence-corrected chi connectivity index (χ0v) is 13.4. The highest BCUT2D eigenvalue weighted by atomic mass is 32.1.